The van der Waals surface area contributed by atoms with Crippen molar-refractivity contribution in [1.29, 1.82) is 0 Å². The molecule has 41 heavy (non-hydrogen) atoms. The molecule has 3 aromatic carbocycles. The SMILES string of the molecule is CCCc1cc(Cn2c(=O)n(CC(=O)O)c3ccccc32)cc(CCC)c1OC(C(=O)O)c1ccc2c(c1)OCO2. The number of aliphatic carboxylic acids is 2. The maximum atomic E-state index is 13.3. The number of benzene rings is 3. The molecule has 0 aliphatic carbocycles. The summed E-state index contributed by atoms with van der Waals surface area (Å²) in [5.74, 6) is -0.662. The highest BCUT2D eigenvalue weighted by Gasteiger charge is 2.27. The fourth-order valence-electron chi connectivity index (χ4n) is 5.33. The number of fused-ring (bicyclic) bond motifs is 2. The first-order valence-corrected chi connectivity index (χ1v) is 13.6. The van der Waals surface area contributed by atoms with Gasteiger partial charge in [0.25, 0.3) is 0 Å². The molecule has 1 atom stereocenters. The van der Waals surface area contributed by atoms with Crippen molar-refractivity contribution in [2.45, 2.75) is 58.7 Å². The van der Waals surface area contributed by atoms with Crippen LogP contribution in [0.4, 0.5) is 0 Å². The molecule has 214 valence electrons. The second-order valence-corrected chi connectivity index (χ2v) is 10.0. The van der Waals surface area contributed by atoms with Crippen molar-refractivity contribution < 1.29 is 34.0 Å². The molecule has 0 spiro atoms. The summed E-state index contributed by atoms with van der Waals surface area (Å²) in [6.45, 7) is 3.94. The number of aromatic nitrogens is 2. The standard InChI is InChI=1S/C31H32N2O8/c1-3-7-20-13-19(16-32-23-9-5-6-10-24(23)33(31(32)38)17-27(34)35)14-21(8-4-2)28(20)41-29(30(36)37)22-11-12-25-26(15-22)40-18-39-25/h5-6,9-15,29H,3-4,7-8,16-18H2,1-2H3,(H,34,35)(H,36,37). The maximum absolute atomic E-state index is 13.3. The van der Waals surface area contributed by atoms with Crippen molar-refractivity contribution in [3.05, 3.63) is 87.3 Å². The second kappa shape index (κ2) is 11.8. The fourth-order valence-corrected chi connectivity index (χ4v) is 5.33. The molecule has 1 aliphatic rings. The van der Waals surface area contributed by atoms with Crippen molar-refractivity contribution >= 4 is 23.0 Å². The monoisotopic (exact) mass is 560 g/mol. The molecule has 1 unspecified atom stereocenters. The van der Waals surface area contributed by atoms with Gasteiger partial charge in [-0.15, -0.1) is 0 Å². The predicted molar refractivity (Wildman–Crippen MR) is 151 cm³/mol. The number of rotatable bonds is 12. The van der Waals surface area contributed by atoms with Gasteiger partial charge in [-0.1, -0.05) is 57.0 Å². The number of carbonyl (C=O) groups is 2. The number of hydrogen-bond donors (Lipinski definition) is 2. The molecule has 5 rings (SSSR count). The maximum Gasteiger partial charge on any atom is 0.349 e. The van der Waals surface area contributed by atoms with E-state index in [4.69, 9.17) is 14.2 Å². The van der Waals surface area contributed by atoms with E-state index >= 15 is 0 Å². The number of aryl methyl sites for hydroxylation is 2. The third-order valence-corrected chi connectivity index (χ3v) is 7.06. The molecule has 2 N–H and O–H groups in total. The van der Waals surface area contributed by atoms with Crippen LogP contribution in [-0.2, 0) is 35.5 Å². The van der Waals surface area contributed by atoms with Crippen molar-refractivity contribution in [2.24, 2.45) is 0 Å². The Kier molecular flexibility index (Phi) is 8.00. The van der Waals surface area contributed by atoms with Gasteiger partial charge in [0.2, 0.25) is 12.9 Å². The lowest BCUT2D eigenvalue weighted by Gasteiger charge is -2.22. The highest BCUT2D eigenvalue weighted by atomic mass is 16.7. The number of carboxylic acids is 2. The quantitative estimate of drug-likeness (QED) is 0.253. The van der Waals surface area contributed by atoms with Crippen LogP contribution in [0.3, 0.4) is 0 Å². The first kappa shape index (κ1) is 27.8. The summed E-state index contributed by atoms with van der Waals surface area (Å²) in [7, 11) is 0. The Bertz CT molecular complexity index is 1640. The predicted octanol–water partition coefficient (Wildman–Crippen LogP) is 4.77. The van der Waals surface area contributed by atoms with E-state index in [-0.39, 0.29) is 13.3 Å². The number of imidazole rings is 1. The zero-order valence-electron chi connectivity index (χ0n) is 23.0. The minimum Gasteiger partial charge on any atom is -0.480 e. The molecule has 1 aromatic heterocycles. The Hall–Kier alpha value is -4.73. The van der Waals surface area contributed by atoms with Crippen molar-refractivity contribution in [2.75, 3.05) is 6.79 Å². The lowest BCUT2D eigenvalue weighted by atomic mass is 9.97. The first-order valence-electron chi connectivity index (χ1n) is 13.6. The van der Waals surface area contributed by atoms with Crippen LogP contribution in [0.2, 0.25) is 0 Å². The summed E-state index contributed by atoms with van der Waals surface area (Å²) in [6.07, 6.45) is 1.61. The van der Waals surface area contributed by atoms with E-state index in [1.54, 1.807) is 41.0 Å². The molecule has 0 saturated carbocycles. The molecular formula is C31H32N2O8. The molecule has 0 radical (unpaired) electrons. The number of nitrogens with zero attached hydrogens (tertiary/aromatic N) is 2. The van der Waals surface area contributed by atoms with Crippen LogP contribution in [-0.4, -0.2) is 38.1 Å². The summed E-state index contributed by atoms with van der Waals surface area (Å²) in [4.78, 5) is 37.2. The number of hydrogen-bond acceptors (Lipinski definition) is 6. The smallest absolute Gasteiger partial charge is 0.349 e. The third-order valence-electron chi connectivity index (χ3n) is 7.06. The molecule has 2 heterocycles. The summed E-state index contributed by atoms with van der Waals surface area (Å²) in [5, 5.41) is 19.5. The zero-order chi connectivity index (χ0) is 29.1. The Morgan fingerprint density at radius 2 is 1.54 bits per heavy atom. The van der Waals surface area contributed by atoms with E-state index in [9.17, 15) is 24.6 Å². The van der Waals surface area contributed by atoms with Gasteiger partial charge in [0, 0.05) is 5.56 Å². The lowest BCUT2D eigenvalue weighted by molar-refractivity contribution is -0.145. The van der Waals surface area contributed by atoms with Gasteiger partial charge in [-0.25, -0.2) is 9.59 Å². The average Bonchev–Trinajstić information content (AvgIpc) is 3.51. The topological polar surface area (TPSA) is 129 Å². The molecular weight excluding hydrogens is 528 g/mol. The molecule has 0 fully saturated rings. The van der Waals surface area contributed by atoms with Crippen molar-refractivity contribution in [3.63, 3.8) is 0 Å². The molecule has 4 aromatic rings. The Morgan fingerprint density at radius 3 is 2.15 bits per heavy atom. The largest absolute Gasteiger partial charge is 0.480 e. The Labute approximate surface area is 236 Å². The molecule has 1 aliphatic heterocycles. The second-order valence-electron chi connectivity index (χ2n) is 10.0. The van der Waals surface area contributed by atoms with Gasteiger partial charge in [-0.2, -0.15) is 0 Å². The van der Waals surface area contributed by atoms with Gasteiger partial charge in [-0.3, -0.25) is 13.9 Å². The average molecular weight is 561 g/mol. The number of para-hydroxylation sites is 2. The first-order chi connectivity index (χ1) is 19.8. The van der Waals surface area contributed by atoms with Crippen LogP contribution in [0.25, 0.3) is 11.0 Å². The van der Waals surface area contributed by atoms with Crippen LogP contribution < -0.4 is 19.9 Å². The minimum atomic E-state index is -1.27. The normalized spacial score (nSPS) is 12.9. The number of carboxylic acid groups (broad SMARTS) is 2. The van der Waals surface area contributed by atoms with E-state index in [2.05, 4.69) is 0 Å². The minimum absolute atomic E-state index is 0.0816. The van der Waals surface area contributed by atoms with E-state index in [1.807, 2.05) is 32.0 Å². The summed E-state index contributed by atoms with van der Waals surface area (Å²) < 4.78 is 20.0. The number of ether oxygens (including phenoxy) is 3. The third kappa shape index (κ3) is 5.63. The summed E-state index contributed by atoms with van der Waals surface area (Å²) in [6, 6.07) is 16.0. The van der Waals surface area contributed by atoms with E-state index < -0.39 is 30.3 Å². The van der Waals surface area contributed by atoms with Crippen LogP contribution >= 0.6 is 0 Å². The molecule has 0 bridgehead atoms. The fraction of sp³-hybridized carbons (Fsp3) is 0.323. The molecule has 0 amide bonds. The Balaban J connectivity index is 1.56. The van der Waals surface area contributed by atoms with Crippen LogP contribution in [0.1, 0.15) is 55.0 Å². The van der Waals surface area contributed by atoms with Gasteiger partial charge >= 0.3 is 17.6 Å². The summed E-state index contributed by atoms with van der Waals surface area (Å²) >= 11 is 0. The lowest BCUT2D eigenvalue weighted by Crippen LogP contribution is -2.27. The molecule has 10 heteroatoms. The van der Waals surface area contributed by atoms with E-state index in [0.29, 0.717) is 46.7 Å². The van der Waals surface area contributed by atoms with Gasteiger partial charge < -0.3 is 24.4 Å². The summed E-state index contributed by atoms with van der Waals surface area (Å²) in [5.41, 5.74) is 3.77. The zero-order valence-corrected chi connectivity index (χ0v) is 23.0. The highest BCUT2D eigenvalue weighted by Crippen LogP contribution is 2.37. The van der Waals surface area contributed by atoms with Crippen molar-refractivity contribution in [3.8, 4) is 17.2 Å². The van der Waals surface area contributed by atoms with Crippen LogP contribution in [0.15, 0.2) is 59.4 Å². The molecule has 0 saturated heterocycles. The van der Waals surface area contributed by atoms with Gasteiger partial charge in [0.1, 0.15) is 12.3 Å². The van der Waals surface area contributed by atoms with Crippen LogP contribution in [0.5, 0.6) is 17.2 Å². The van der Waals surface area contributed by atoms with Crippen molar-refractivity contribution in [1.82, 2.24) is 9.13 Å². The molecule has 10 nitrogen and oxygen atoms in total. The van der Waals surface area contributed by atoms with Gasteiger partial charge in [0.05, 0.1) is 17.6 Å². The van der Waals surface area contributed by atoms with E-state index in [0.717, 1.165) is 29.5 Å². The Morgan fingerprint density at radius 1 is 0.902 bits per heavy atom. The van der Waals surface area contributed by atoms with Gasteiger partial charge in [0.15, 0.2) is 11.5 Å². The van der Waals surface area contributed by atoms with E-state index in [1.165, 1.54) is 4.57 Å². The highest BCUT2D eigenvalue weighted by molar-refractivity contribution is 5.78. The van der Waals surface area contributed by atoms with Gasteiger partial charge in [-0.05, 0) is 53.8 Å². The van der Waals surface area contributed by atoms with Crippen LogP contribution in [0, 0.1) is 0 Å².